The van der Waals surface area contributed by atoms with Crippen LogP contribution < -0.4 is 10.1 Å². The van der Waals surface area contributed by atoms with Crippen LogP contribution in [-0.4, -0.2) is 20.2 Å². The average Bonchev–Trinajstić information content (AvgIpc) is 2.39. The van der Waals surface area contributed by atoms with Gasteiger partial charge in [0, 0.05) is 6.04 Å². The summed E-state index contributed by atoms with van der Waals surface area (Å²) in [6.45, 7) is 6.92. The minimum absolute atomic E-state index is 0.590. The normalized spacial score (nSPS) is 14.6. The van der Waals surface area contributed by atoms with Gasteiger partial charge in [0.2, 0.25) is 0 Å². The van der Waals surface area contributed by atoms with Gasteiger partial charge in [0.1, 0.15) is 5.75 Å². The van der Waals surface area contributed by atoms with Crippen molar-refractivity contribution in [1.82, 2.24) is 5.32 Å². The van der Waals surface area contributed by atoms with Crippen molar-refractivity contribution >= 4 is 0 Å². The van der Waals surface area contributed by atoms with Crippen molar-refractivity contribution in [2.24, 2.45) is 11.8 Å². The fourth-order valence-corrected chi connectivity index (χ4v) is 2.25. The van der Waals surface area contributed by atoms with E-state index in [0.29, 0.717) is 12.0 Å². The molecule has 2 unspecified atom stereocenters. The molecule has 1 aromatic rings. The fraction of sp³-hybridized carbons (Fsp3) is 0.625. The lowest BCUT2D eigenvalue weighted by Gasteiger charge is -2.26. The van der Waals surface area contributed by atoms with Gasteiger partial charge in [-0.3, -0.25) is 0 Å². The number of nitrogens with one attached hydrogen (secondary N) is 1. The Labute approximate surface area is 112 Å². The molecule has 0 amide bonds. The third kappa shape index (κ3) is 4.34. The zero-order chi connectivity index (χ0) is 13.5. The lowest BCUT2D eigenvalue weighted by atomic mass is 9.87. The van der Waals surface area contributed by atoms with E-state index >= 15 is 0 Å². The molecule has 0 aliphatic rings. The molecule has 0 aromatic heterocycles. The molecule has 0 heterocycles. The summed E-state index contributed by atoms with van der Waals surface area (Å²) in [5, 5.41) is 3.45. The molecule has 2 nitrogen and oxygen atoms in total. The van der Waals surface area contributed by atoms with Gasteiger partial charge in [0.25, 0.3) is 0 Å². The molecule has 0 fully saturated rings. The molecule has 0 saturated heterocycles. The first-order valence-corrected chi connectivity index (χ1v) is 6.88. The van der Waals surface area contributed by atoms with Crippen molar-refractivity contribution < 1.29 is 4.74 Å². The van der Waals surface area contributed by atoms with E-state index in [1.165, 1.54) is 12.0 Å². The Kier molecular flexibility index (Phi) is 6.20. The number of benzene rings is 1. The highest BCUT2D eigenvalue weighted by Crippen LogP contribution is 2.19. The van der Waals surface area contributed by atoms with E-state index in [1.54, 1.807) is 7.11 Å². The molecule has 102 valence electrons. The first kappa shape index (κ1) is 15.0. The van der Waals surface area contributed by atoms with Gasteiger partial charge in [-0.1, -0.05) is 32.9 Å². The van der Waals surface area contributed by atoms with E-state index in [9.17, 15) is 0 Å². The van der Waals surface area contributed by atoms with Crippen molar-refractivity contribution in [3.05, 3.63) is 29.8 Å². The molecule has 2 atom stereocenters. The molecule has 1 aromatic carbocycles. The van der Waals surface area contributed by atoms with Crippen molar-refractivity contribution in [3.63, 3.8) is 0 Å². The molecule has 2 heteroatoms. The van der Waals surface area contributed by atoms with Crippen LogP contribution in [0.4, 0.5) is 0 Å². The summed E-state index contributed by atoms with van der Waals surface area (Å²) in [4.78, 5) is 0. The van der Waals surface area contributed by atoms with E-state index in [2.05, 4.69) is 45.3 Å². The number of ether oxygens (including phenoxy) is 1. The lowest BCUT2D eigenvalue weighted by Crippen LogP contribution is -2.35. The lowest BCUT2D eigenvalue weighted by molar-refractivity contribution is 0.298. The maximum atomic E-state index is 5.17. The van der Waals surface area contributed by atoms with Gasteiger partial charge in [-0.15, -0.1) is 0 Å². The van der Waals surface area contributed by atoms with Gasteiger partial charge in [-0.2, -0.15) is 0 Å². The molecule has 0 aliphatic carbocycles. The van der Waals surface area contributed by atoms with Crippen LogP contribution in [-0.2, 0) is 6.42 Å². The van der Waals surface area contributed by atoms with E-state index in [0.717, 1.165) is 18.1 Å². The second kappa shape index (κ2) is 7.42. The zero-order valence-electron chi connectivity index (χ0n) is 12.4. The highest BCUT2D eigenvalue weighted by atomic mass is 16.5. The van der Waals surface area contributed by atoms with Crippen LogP contribution in [0.15, 0.2) is 24.3 Å². The van der Waals surface area contributed by atoms with Gasteiger partial charge < -0.3 is 10.1 Å². The number of hydrogen-bond acceptors (Lipinski definition) is 2. The van der Waals surface area contributed by atoms with Gasteiger partial charge in [-0.05, 0) is 49.4 Å². The predicted octanol–water partition coefficient (Wildman–Crippen LogP) is 3.51. The van der Waals surface area contributed by atoms with Crippen molar-refractivity contribution in [2.75, 3.05) is 14.2 Å². The van der Waals surface area contributed by atoms with Gasteiger partial charge in [0.15, 0.2) is 0 Å². The van der Waals surface area contributed by atoms with E-state index in [-0.39, 0.29) is 0 Å². The SMILES string of the molecule is CNC(CCc1ccc(OC)cc1)C(C)C(C)C. The Morgan fingerprint density at radius 3 is 2.17 bits per heavy atom. The quantitative estimate of drug-likeness (QED) is 0.798. The second-order valence-electron chi connectivity index (χ2n) is 5.39. The summed E-state index contributed by atoms with van der Waals surface area (Å²) >= 11 is 0. The average molecular weight is 249 g/mol. The maximum absolute atomic E-state index is 5.17. The maximum Gasteiger partial charge on any atom is 0.118 e. The third-order valence-corrected chi connectivity index (χ3v) is 3.96. The van der Waals surface area contributed by atoms with Crippen LogP contribution in [0.1, 0.15) is 32.8 Å². The molecule has 0 radical (unpaired) electrons. The summed E-state index contributed by atoms with van der Waals surface area (Å²) in [5.41, 5.74) is 1.38. The van der Waals surface area contributed by atoms with Crippen LogP contribution in [0.25, 0.3) is 0 Å². The summed E-state index contributed by atoms with van der Waals surface area (Å²) in [6, 6.07) is 8.98. The predicted molar refractivity (Wildman–Crippen MR) is 78.2 cm³/mol. The Morgan fingerprint density at radius 1 is 1.11 bits per heavy atom. The Morgan fingerprint density at radius 2 is 1.72 bits per heavy atom. The Balaban J connectivity index is 2.51. The van der Waals surface area contributed by atoms with E-state index < -0.39 is 0 Å². The number of hydrogen-bond donors (Lipinski definition) is 1. The van der Waals surface area contributed by atoms with Crippen molar-refractivity contribution in [1.29, 1.82) is 0 Å². The van der Waals surface area contributed by atoms with Crippen molar-refractivity contribution in [2.45, 2.75) is 39.7 Å². The standard InChI is InChI=1S/C16H27NO/c1-12(2)13(3)16(17-4)11-8-14-6-9-15(18-5)10-7-14/h6-7,9-10,12-13,16-17H,8,11H2,1-5H3. The van der Waals surface area contributed by atoms with Crippen LogP contribution in [0, 0.1) is 11.8 Å². The molecular weight excluding hydrogens is 222 g/mol. The van der Waals surface area contributed by atoms with Crippen LogP contribution in [0.2, 0.25) is 0 Å². The van der Waals surface area contributed by atoms with Crippen LogP contribution in [0.5, 0.6) is 5.75 Å². The van der Waals surface area contributed by atoms with Gasteiger partial charge >= 0.3 is 0 Å². The van der Waals surface area contributed by atoms with Gasteiger partial charge in [-0.25, -0.2) is 0 Å². The number of aryl methyl sites for hydroxylation is 1. The molecule has 0 aliphatic heterocycles. The Bertz CT molecular complexity index is 331. The summed E-state index contributed by atoms with van der Waals surface area (Å²) in [5.74, 6) is 2.35. The zero-order valence-corrected chi connectivity index (χ0v) is 12.4. The van der Waals surface area contributed by atoms with E-state index in [4.69, 9.17) is 4.74 Å². The highest BCUT2D eigenvalue weighted by molar-refractivity contribution is 5.27. The minimum Gasteiger partial charge on any atom is -0.497 e. The smallest absolute Gasteiger partial charge is 0.118 e. The summed E-state index contributed by atoms with van der Waals surface area (Å²) in [6.07, 6.45) is 2.30. The molecule has 1 rings (SSSR count). The molecule has 0 spiro atoms. The second-order valence-corrected chi connectivity index (χ2v) is 5.39. The topological polar surface area (TPSA) is 21.3 Å². The summed E-state index contributed by atoms with van der Waals surface area (Å²) < 4.78 is 5.17. The number of rotatable bonds is 7. The Hall–Kier alpha value is -1.02. The highest BCUT2D eigenvalue weighted by Gasteiger charge is 2.18. The molecule has 0 bridgehead atoms. The number of methoxy groups -OCH3 is 1. The largest absolute Gasteiger partial charge is 0.497 e. The van der Waals surface area contributed by atoms with Crippen LogP contribution >= 0.6 is 0 Å². The van der Waals surface area contributed by atoms with Crippen LogP contribution in [0.3, 0.4) is 0 Å². The third-order valence-electron chi connectivity index (χ3n) is 3.96. The van der Waals surface area contributed by atoms with Crippen molar-refractivity contribution in [3.8, 4) is 5.75 Å². The molecule has 1 N–H and O–H groups in total. The fourth-order valence-electron chi connectivity index (χ4n) is 2.25. The first-order valence-electron chi connectivity index (χ1n) is 6.88. The molecule has 18 heavy (non-hydrogen) atoms. The minimum atomic E-state index is 0.590. The summed E-state index contributed by atoms with van der Waals surface area (Å²) in [7, 11) is 3.77. The molecule has 0 saturated carbocycles. The monoisotopic (exact) mass is 249 g/mol. The van der Waals surface area contributed by atoms with Gasteiger partial charge in [0.05, 0.1) is 7.11 Å². The van der Waals surface area contributed by atoms with E-state index in [1.807, 2.05) is 12.1 Å². The molecular formula is C16H27NO. The first-order chi connectivity index (χ1) is 8.58.